The van der Waals surface area contributed by atoms with Gasteiger partial charge < -0.3 is 15.4 Å². The molecule has 0 saturated heterocycles. The van der Waals surface area contributed by atoms with Gasteiger partial charge in [0.2, 0.25) is 5.91 Å². The second-order valence-electron chi connectivity index (χ2n) is 8.19. The number of hydrogen-bond donors (Lipinski definition) is 4. The van der Waals surface area contributed by atoms with Gasteiger partial charge in [-0.05, 0) is 41.8 Å². The summed E-state index contributed by atoms with van der Waals surface area (Å²) in [5.41, 5.74) is 7.87. The van der Waals surface area contributed by atoms with E-state index in [1.54, 1.807) is 36.5 Å². The number of nitrogens with one attached hydrogen (secondary N) is 3. The van der Waals surface area contributed by atoms with Gasteiger partial charge in [-0.3, -0.25) is 9.59 Å². The van der Waals surface area contributed by atoms with Gasteiger partial charge in [0.25, 0.3) is 5.91 Å². The van der Waals surface area contributed by atoms with Crippen molar-refractivity contribution >= 4 is 34.6 Å². The summed E-state index contributed by atoms with van der Waals surface area (Å²) in [7, 11) is 0. The first-order valence-corrected chi connectivity index (χ1v) is 10.7. The highest BCUT2D eigenvalue weighted by Crippen LogP contribution is 2.34. The molecular weight excluding hydrogens is 416 g/mol. The SMILES string of the molecule is C[C@H](Cc1ccc(O)cc1)C(=O)Nc1cc2c3c(c(-c4ccccc4)[nH]c3c1)C=NNC2=O. The number of rotatable bonds is 5. The van der Waals surface area contributed by atoms with Crippen LogP contribution in [0.2, 0.25) is 0 Å². The third kappa shape index (κ3) is 3.96. The molecule has 3 aromatic carbocycles. The van der Waals surface area contributed by atoms with Crippen LogP contribution in [-0.2, 0) is 11.2 Å². The summed E-state index contributed by atoms with van der Waals surface area (Å²) >= 11 is 0. The van der Waals surface area contributed by atoms with Crippen molar-refractivity contribution in [3.05, 3.63) is 83.4 Å². The predicted molar refractivity (Wildman–Crippen MR) is 128 cm³/mol. The average Bonchev–Trinajstić information content (AvgIpc) is 3.09. The number of phenolic OH excluding ortho intramolecular Hbond substituents is 1. The Kier molecular flexibility index (Phi) is 5.14. The molecule has 0 bridgehead atoms. The molecule has 1 aromatic heterocycles. The van der Waals surface area contributed by atoms with Crippen molar-refractivity contribution in [1.82, 2.24) is 10.4 Å². The second-order valence-corrected chi connectivity index (χ2v) is 8.19. The van der Waals surface area contributed by atoms with Crippen LogP contribution >= 0.6 is 0 Å². The van der Waals surface area contributed by atoms with Crippen LogP contribution in [0.5, 0.6) is 5.75 Å². The van der Waals surface area contributed by atoms with Crippen molar-refractivity contribution in [2.45, 2.75) is 13.3 Å². The maximum atomic E-state index is 12.9. The average molecular weight is 438 g/mol. The lowest BCUT2D eigenvalue weighted by atomic mass is 9.99. The number of benzene rings is 3. The van der Waals surface area contributed by atoms with Gasteiger partial charge in [-0.2, -0.15) is 5.10 Å². The number of H-pyrrole nitrogens is 1. The van der Waals surface area contributed by atoms with Crippen molar-refractivity contribution in [3.63, 3.8) is 0 Å². The molecule has 0 spiro atoms. The van der Waals surface area contributed by atoms with Crippen LogP contribution < -0.4 is 10.7 Å². The Hall–Kier alpha value is -4.39. The molecule has 33 heavy (non-hydrogen) atoms. The fourth-order valence-electron chi connectivity index (χ4n) is 4.13. The van der Waals surface area contributed by atoms with Crippen molar-refractivity contribution in [2.75, 3.05) is 5.32 Å². The van der Waals surface area contributed by atoms with Crippen LogP contribution in [0.1, 0.15) is 28.4 Å². The van der Waals surface area contributed by atoms with Crippen LogP contribution in [0, 0.1) is 5.92 Å². The maximum Gasteiger partial charge on any atom is 0.272 e. The van der Waals surface area contributed by atoms with E-state index < -0.39 is 0 Å². The fourth-order valence-corrected chi connectivity index (χ4v) is 4.13. The van der Waals surface area contributed by atoms with Gasteiger partial charge in [0.1, 0.15) is 5.75 Å². The molecule has 0 unspecified atom stereocenters. The minimum absolute atomic E-state index is 0.157. The number of carbonyl (C=O) groups excluding carboxylic acids is 2. The van der Waals surface area contributed by atoms with Crippen LogP contribution in [0.4, 0.5) is 5.69 Å². The lowest BCUT2D eigenvalue weighted by Gasteiger charge is -2.13. The quantitative estimate of drug-likeness (QED) is 0.370. The Labute approximate surface area is 190 Å². The van der Waals surface area contributed by atoms with E-state index in [2.05, 4.69) is 20.8 Å². The summed E-state index contributed by atoms with van der Waals surface area (Å²) in [5.74, 6) is -0.603. The Bertz CT molecular complexity index is 1390. The third-order valence-corrected chi connectivity index (χ3v) is 5.80. The molecule has 5 rings (SSSR count). The number of amides is 2. The number of hydrogen-bond acceptors (Lipinski definition) is 4. The second kappa shape index (κ2) is 8.27. The van der Waals surface area contributed by atoms with Crippen LogP contribution in [0.25, 0.3) is 22.2 Å². The molecule has 7 heteroatoms. The molecule has 1 aliphatic heterocycles. The highest BCUT2D eigenvalue weighted by atomic mass is 16.3. The zero-order chi connectivity index (χ0) is 22.9. The molecule has 1 aliphatic rings. The molecule has 1 atom stereocenters. The van der Waals surface area contributed by atoms with E-state index in [0.29, 0.717) is 17.7 Å². The van der Waals surface area contributed by atoms with Crippen molar-refractivity contribution < 1.29 is 14.7 Å². The topological polar surface area (TPSA) is 107 Å². The molecule has 2 amide bonds. The van der Waals surface area contributed by atoms with Crippen LogP contribution in [0.15, 0.2) is 71.8 Å². The Morgan fingerprint density at radius 3 is 2.61 bits per heavy atom. The van der Waals surface area contributed by atoms with Crippen LogP contribution in [0.3, 0.4) is 0 Å². The minimum atomic E-state index is -0.332. The molecule has 2 heterocycles. The number of aromatic amines is 1. The first-order valence-electron chi connectivity index (χ1n) is 10.7. The molecule has 0 aliphatic carbocycles. The van der Waals surface area contributed by atoms with Crippen LogP contribution in [-0.4, -0.2) is 28.1 Å². The fraction of sp³-hybridized carbons (Fsp3) is 0.115. The lowest BCUT2D eigenvalue weighted by Crippen LogP contribution is -2.23. The van der Waals surface area contributed by atoms with Gasteiger partial charge in [-0.1, -0.05) is 49.4 Å². The summed E-state index contributed by atoms with van der Waals surface area (Å²) < 4.78 is 0. The smallest absolute Gasteiger partial charge is 0.272 e. The Balaban J connectivity index is 1.48. The first-order chi connectivity index (χ1) is 16.0. The summed E-state index contributed by atoms with van der Waals surface area (Å²) in [5, 5.41) is 17.2. The van der Waals surface area contributed by atoms with E-state index in [4.69, 9.17) is 0 Å². The van der Waals surface area contributed by atoms with E-state index in [1.807, 2.05) is 43.3 Å². The van der Waals surface area contributed by atoms with Gasteiger partial charge in [0.15, 0.2) is 0 Å². The molecule has 4 N–H and O–H groups in total. The number of nitrogens with zero attached hydrogens (tertiary/aromatic N) is 1. The number of aromatic nitrogens is 1. The van der Waals surface area contributed by atoms with Gasteiger partial charge in [-0.15, -0.1) is 0 Å². The summed E-state index contributed by atoms with van der Waals surface area (Å²) in [6, 6.07) is 20.2. The van der Waals surface area contributed by atoms with Gasteiger partial charge in [0.05, 0.1) is 17.5 Å². The van der Waals surface area contributed by atoms with Gasteiger partial charge in [-0.25, -0.2) is 5.43 Å². The molecular formula is C26H22N4O3. The third-order valence-electron chi connectivity index (χ3n) is 5.80. The molecule has 164 valence electrons. The van der Waals surface area contributed by atoms with E-state index in [-0.39, 0.29) is 23.5 Å². The number of phenols is 1. The zero-order valence-electron chi connectivity index (χ0n) is 17.9. The number of anilines is 1. The van der Waals surface area contributed by atoms with Gasteiger partial charge >= 0.3 is 0 Å². The van der Waals surface area contributed by atoms with Crippen molar-refractivity contribution in [1.29, 1.82) is 0 Å². The molecule has 7 nitrogen and oxygen atoms in total. The van der Waals surface area contributed by atoms with Crippen molar-refractivity contribution in [3.8, 4) is 17.0 Å². The number of hydrazone groups is 1. The van der Waals surface area contributed by atoms with Gasteiger partial charge in [0, 0.05) is 28.1 Å². The number of aromatic hydroxyl groups is 1. The maximum absolute atomic E-state index is 12.9. The monoisotopic (exact) mass is 438 g/mol. The minimum Gasteiger partial charge on any atom is -0.508 e. The van der Waals surface area contributed by atoms with Crippen molar-refractivity contribution in [2.24, 2.45) is 11.0 Å². The zero-order valence-corrected chi connectivity index (χ0v) is 17.9. The van der Waals surface area contributed by atoms with E-state index in [1.165, 1.54) is 0 Å². The first kappa shape index (κ1) is 20.5. The summed E-state index contributed by atoms with van der Waals surface area (Å²) in [6.07, 6.45) is 2.17. The Morgan fingerprint density at radius 1 is 1.09 bits per heavy atom. The lowest BCUT2D eigenvalue weighted by molar-refractivity contribution is -0.119. The summed E-state index contributed by atoms with van der Waals surface area (Å²) in [6.45, 7) is 1.84. The normalized spacial score (nSPS) is 13.4. The molecule has 0 radical (unpaired) electrons. The number of carbonyl (C=O) groups is 2. The standard InChI is InChI=1S/C26H22N4O3/c1-15(11-16-7-9-19(31)10-8-16)25(32)28-18-12-20-23-21(14-27-30-26(20)33)24(29-22(23)13-18)17-5-3-2-4-6-17/h2-10,12-15,29,31H,11H2,1H3,(H,28,32)(H,30,33)/t15-/m1/s1. The van der Waals surface area contributed by atoms with E-state index in [0.717, 1.165) is 33.3 Å². The van der Waals surface area contributed by atoms with E-state index in [9.17, 15) is 14.7 Å². The highest BCUT2D eigenvalue weighted by molar-refractivity contribution is 6.18. The Morgan fingerprint density at radius 2 is 1.85 bits per heavy atom. The highest BCUT2D eigenvalue weighted by Gasteiger charge is 2.23. The molecule has 0 fully saturated rings. The predicted octanol–water partition coefficient (Wildman–Crippen LogP) is 4.44. The van der Waals surface area contributed by atoms with E-state index >= 15 is 0 Å². The largest absolute Gasteiger partial charge is 0.508 e. The summed E-state index contributed by atoms with van der Waals surface area (Å²) in [4.78, 5) is 29.0. The molecule has 0 saturated carbocycles. The molecule has 4 aromatic rings.